The van der Waals surface area contributed by atoms with Crippen LogP contribution in [0.3, 0.4) is 0 Å². The summed E-state index contributed by atoms with van der Waals surface area (Å²) in [4.78, 5) is 12.7. The van der Waals surface area contributed by atoms with Crippen LogP contribution in [-0.2, 0) is 0 Å². The molecular formula is C13H15BClNO. The van der Waals surface area contributed by atoms with E-state index in [1.54, 1.807) is 4.90 Å². The van der Waals surface area contributed by atoms with Crippen LogP contribution < -0.4 is 0 Å². The smallest absolute Gasteiger partial charge is 0.200 e. The Bertz CT molecular complexity index is 427. The van der Waals surface area contributed by atoms with E-state index in [1.165, 1.54) is 11.1 Å². The number of benzene rings is 1. The molecule has 17 heavy (non-hydrogen) atoms. The standard InChI is InChI=1S/C13H15BClNO/c1-9-2-3-12(15)11(8-9)10-4-6-16(7-5-10)13(14)17/h2-3,8,10H,4-7H2,1H3. The van der Waals surface area contributed by atoms with E-state index in [2.05, 4.69) is 13.0 Å². The van der Waals surface area contributed by atoms with Crippen molar-refractivity contribution in [2.45, 2.75) is 25.7 Å². The summed E-state index contributed by atoms with van der Waals surface area (Å²) in [6.07, 6.45) is 1.87. The maximum absolute atomic E-state index is 11.0. The fourth-order valence-corrected chi connectivity index (χ4v) is 2.66. The lowest BCUT2D eigenvalue weighted by atomic mass is 9.88. The quantitative estimate of drug-likeness (QED) is 0.698. The van der Waals surface area contributed by atoms with Gasteiger partial charge in [0.05, 0.1) is 0 Å². The number of carbonyl (C=O) groups excluding carboxylic acids is 1. The molecule has 2 radical (unpaired) electrons. The Morgan fingerprint density at radius 2 is 2.06 bits per heavy atom. The van der Waals surface area contributed by atoms with Gasteiger partial charge in [-0.25, -0.2) is 0 Å². The van der Waals surface area contributed by atoms with Gasteiger partial charge in [0, 0.05) is 18.1 Å². The molecule has 1 saturated heterocycles. The molecule has 1 aliphatic heterocycles. The first-order chi connectivity index (χ1) is 8.08. The number of halogens is 1. The van der Waals surface area contributed by atoms with Crippen LogP contribution >= 0.6 is 11.6 Å². The van der Waals surface area contributed by atoms with Gasteiger partial charge in [-0.3, -0.25) is 4.79 Å². The van der Waals surface area contributed by atoms with Gasteiger partial charge in [0.1, 0.15) is 0 Å². The number of carbonyl (C=O) groups is 1. The number of piperidine rings is 1. The van der Waals surface area contributed by atoms with E-state index in [1.807, 2.05) is 12.1 Å². The Hall–Kier alpha value is -0.955. The second kappa shape index (κ2) is 5.13. The third-order valence-corrected chi connectivity index (χ3v) is 3.74. The van der Waals surface area contributed by atoms with Crippen LogP contribution in [-0.4, -0.2) is 31.6 Å². The Morgan fingerprint density at radius 3 is 2.65 bits per heavy atom. The summed E-state index contributed by atoms with van der Waals surface area (Å²) in [5.74, 6) is 0.122. The van der Waals surface area contributed by atoms with E-state index in [4.69, 9.17) is 19.4 Å². The number of nitrogens with zero attached hydrogens (tertiary/aromatic N) is 1. The number of aryl methyl sites for hydroxylation is 1. The highest BCUT2D eigenvalue weighted by atomic mass is 35.5. The van der Waals surface area contributed by atoms with Gasteiger partial charge < -0.3 is 4.90 Å². The highest BCUT2D eigenvalue weighted by molar-refractivity contribution is 6.56. The average molecular weight is 248 g/mol. The van der Waals surface area contributed by atoms with Gasteiger partial charge in [0.25, 0.3) is 0 Å². The molecular weight excluding hydrogens is 232 g/mol. The van der Waals surface area contributed by atoms with Crippen LogP contribution in [0.25, 0.3) is 0 Å². The number of hydrogen-bond acceptors (Lipinski definition) is 1. The van der Waals surface area contributed by atoms with E-state index in [0.29, 0.717) is 5.92 Å². The molecule has 1 heterocycles. The summed E-state index contributed by atoms with van der Waals surface area (Å²) in [6.45, 7) is 3.52. The van der Waals surface area contributed by atoms with Gasteiger partial charge in [-0.15, -0.1) is 0 Å². The Balaban J connectivity index is 2.10. The first kappa shape index (κ1) is 12.5. The van der Waals surface area contributed by atoms with Crippen molar-refractivity contribution in [3.05, 3.63) is 34.3 Å². The Morgan fingerprint density at radius 1 is 1.41 bits per heavy atom. The Labute approximate surface area is 108 Å². The molecule has 88 valence electrons. The fourth-order valence-electron chi connectivity index (χ4n) is 2.39. The third kappa shape index (κ3) is 2.84. The molecule has 0 bridgehead atoms. The van der Waals surface area contributed by atoms with Crippen molar-refractivity contribution in [3.63, 3.8) is 0 Å². The molecule has 4 heteroatoms. The van der Waals surface area contributed by atoms with Crippen molar-refractivity contribution >= 4 is 25.3 Å². The number of likely N-dealkylation sites (tertiary alicyclic amines) is 1. The number of amides is 1. The molecule has 0 aliphatic carbocycles. The lowest BCUT2D eigenvalue weighted by Gasteiger charge is -2.32. The summed E-state index contributed by atoms with van der Waals surface area (Å²) < 4.78 is 0. The summed E-state index contributed by atoms with van der Waals surface area (Å²) in [6, 6.07) is 6.12. The minimum Gasteiger partial charge on any atom is -0.353 e. The molecule has 0 saturated carbocycles. The maximum Gasteiger partial charge on any atom is 0.200 e. The second-order valence-electron chi connectivity index (χ2n) is 4.62. The largest absolute Gasteiger partial charge is 0.353 e. The van der Waals surface area contributed by atoms with Crippen LogP contribution in [0.2, 0.25) is 5.02 Å². The van der Waals surface area contributed by atoms with Gasteiger partial charge in [0.2, 0.25) is 7.85 Å². The zero-order chi connectivity index (χ0) is 12.4. The van der Waals surface area contributed by atoms with Crippen LogP contribution in [0.15, 0.2) is 18.2 Å². The van der Waals surface area contributed by atoms with Crippen molar-refractivity contribution in [1.82, 2.24) is 4.90 Å². The molecule has 2 rings (SSSR count). The van der Waals surface area contributed by atoms with Crippen molar-refractivity contribution < 1.29 is 4.79 Å². The maximum atomic E-state index is 11.0. The summed E-state index contributed by atoms with van der Waals surface area (Å²) >= 11 is 6.22. The van der Waals surface area contributed by atoms with E-state index in [0.717, 1.165) is 31.0 Å². The van der Waals surface area contributed by atoms with E-state index in [9.17, 15) is 4.79 Å². The minimum atomic E-state index is -0.321. The summed E-state index contributed by atoms with van der Waals surface area (Å²) in [5, 5.41) is 0.827. The average Bonchev–Trinajstić information content (AvgIpc) is 2.32. The monoisotopic (exact) mass is 247 g/mol. The van der Waals surface area contributed by atoms with Crippen molar-refractivity contribution in [2.75, 3.05) is 13.1 Å². The van der Waals surface area contributed by atoms with E-state index >= 15 is 0 Å². The predicted molar refractivity (Wildman–Crippen MR) is 70.9 cm³/mol. The molecule has 0 unspecified atom stereocenters. The minimum absolute atomic E-state index is 0.321. The van der Waals surface area contributed by atoms with Crippen LogP contribution in [0.5, 0.6) is 0 Å². The van der Waals surface area contributed by atoms with Crippen LogP contribution in [0.4, 0.5) is 4.79 Å². The number of hydrogen-bond donors (Lipinski definition) is 0. The van der Waals surface area contributed by atoms with E-state index < -0.39 is 0 Å². The molecule has 0 N–H and O–H groups in total. The molecule has 0 atom stereocenters. The van der Waals surface area contributed by atoms with Crippen molar-refractivity contribution in [1.29, 1.82) is 0 Å². The molecule has 1 aromatic carbocycles. The summed E-state index contributed by atoms with van der Waals surface area (Å²) in [5.41, 5.74) is 2.43. The highest BCUT2D eigenvalue weighted by Gasteiger charge is 2.23. The first-order valence-electron chi connectivity index (χ1n) is 5.88. The van der Waals surface area contributed by atoms with Crippen molar-refractivity contribution in [3.8, 4) is 0 Å². The van der Waals surface area contributed by atoms with Crippen LogP contribution in [0.1, 0.15) is 29.9 Å². The van der Waals surface area contributed by atoms with Gasteiger partial charge >= 0.3 is 0 Å². The van der Waals surface area contributed by atoms with Gasteiger partial charge in [-0.2, -0.15) is 0 Å². The SMILES string of the molecule is [B]C(=O)N1CCC(c2cc(C)ccc2Cl)CC1. The molecule has 1 amide bonds. The molecule has 1 aromatic rings. The van der Waals surface area contributed by atoms with Crippen LogP contribution in [0, 0.1) is 6.92 Å². The van der Waals surface area contributed by atoms with Gasteiger partial charge in [-0.1, -0.05) is 29.3 Å². The van der Waals surface area contributed by atoms with Crippen molar-refractivity contribution in [2.24, 2.45) is 0 Å². The topological polar surface area (TPSA) is 20.3 Å². The zero-order valence-electron chi connectivity index (χ0n) is 9.95. The molecule has 0 aromatic heterocycles. The number of rotatable bonds is 1. The molecule has 1 aliphatic rings. The van der Waals surface area contributed by atoms with E-state index in [-0.39, 0.29) is 5.81 Å². The lowest BCUT2D eigenvalue weighted by Crippen LogP contribution is -2.37. The van der Waals surface area contributed by atoms with Gasteiger partial charge in [-0.05, 0) is 37.3 Å². The zero-order valence-corrected chi connectivity index (χ0v) is 10.7. The molecule has 1 fully saturated rings. The fraction of sp³-hybridized carbons (Fsp3) is 0.462. The Kier molecular flexibility index (Phi) is 3.77. The third-order valence-electron chi connectivity index (χ3n) is 3.40. The lowest BCUT2D eigenvalue weighted by molar-refractivity contribution is 0.204. The van der Waals surface area contributed by atoms with Gasteiger partial charge in [0.15, 0.2) is 5.81 Å². The molecule has 0 spiro atoms. The predicted octanol–water partition coefficient (Wildman–Crippen LogP) is 3.12. The first-order valence-corrected chi connectivity index (χ1v) is 6.26. The molecule has 2 nitrogen and oxygen atoms in total. The second-order valence-corrected chi connectivity index (χ2v) is 5.03. The normalized spacial score (nSPS) is 17.2. The highest BCUT2D eigenvalue weighted by Crippen LogP contribution is 2.33. The summed E-state index contributed by atoms with van der Waals surface area (Å²) in [7, 11) is 5.27.